The van der Waals surface area contributed by atoms with E-state index in [-0.39, 0.29) is 23.8 Å². The van der Waals surface area contributed by atoms with Crippen molar-refractivity contribution in [2.45, 2.75) is 70.4 Å². The van der Waals surface area contributed by atoms with Crippen molar-refractivity contribution < 1.29 is 19.1 Å². The summed E-state index contributed by atoms with van der Waals surface area (Å²) in [6, 6.07) is 6.57. The number of piperazine rings is 3. The monoisotopic (exact) mass is 558 g/mol. The molecule has 2 atom stereocenters. The molecule has 5 fully saturated rings. The number of benzene rings is 1. The number of rotatable bonds is 8. The molecule has 1 unspecified atom stereocenters. The number of carbonyl (C=O) groups is 3. The van der Waals surface area contributed by atoms with E-state index in [2.05, 4.69) is 15.1 Å². The molecule has 5 aliphatic rings. The topological polar surface area (TPSA) is 82.2 Å². The summed E-state index contributed by atoms with van der Waals surface area (Å²) in [5.41, 5.74) is 0.443. The number of hydrogen-bond donors (Lipinski definition) is 1. The number of halogens is 1. The Morgan fingerprint density at radius 1 is 1.00 bits per heavy atom. The second-order valence-electron chi connectivity index (χ2n) is 11.8. The third kappa shape index (κ3) is 6.28. The molecule has 39 heavy (non-hydrogen) atoms. The van der Waals surface area contributed by atoms with Gasteiger partial charge in [-0.15, -0.1) is 0 Å². The lowest BCUT2D eigenvalue weighted by molar-refractivity contribution is -0.166. The van der Waals surface area contributed by atoms with Gasteiger partial charge >= 0.3 is 5.97 Å². The summed E-state index contributed by atoms with van der Waals surface area (Å²) in [5, 5.41) is 3.77. The van der Waals surface area contributed by atoms with Crippen molar-refractivity contribution in [3.05, 3.63) is 34.9 Å². The minimum atomic E-state index is -0.667. The summed E-state index contributed by atoms with van der Waals surface area (Å²) in [4.78, 5) is 47.1. The molecule has 6 rings (SSSR count). The number of hydrogen-bond acceptors (Lipinski definition) is 6. The summed E-state index contributed by atoms with van der Waals surface area (Å²) < 4.78 is 5.60. The molecular weight excluding hydrogens is 516 g/mol. The number of fused-ring (bicyclic) bond motifs is 3. The molecule has 0 spiro atoms. The first-order chi connectivity index (χ1) is 18.9. The zero-order chi connectivity index (χ0) is 27.4. The standard InChI is InChI=1S/C30H43ClN4O4/c1-2-39-29(38)30(23-6-4-3-5-7-23)12-14-35(15-13-30)28(37)25(20-22-8-10-24(31)11-9-22)32-27(36)26-21-33-16-18-34(26)19-17-33/h8-11,23,25-26H,2-7,12-21H2,1H3,(H,32,36)/t25-,26?/m1/s1. The number of nitrogens with zero attached hydrogens (tertiary/aromatic N) is 3. The molecule has 4 aliphatic heterocycles. The fourth-order valence-corrected chi connectivity index (χ4v) is 7.37. The van der Waals surface area contributed by atoms with Crippen LogP contribution in [0.4, 0.5) is 0 Å². The SMILES string of the molecule is CCOC(=O)C1(C2CCCCC2)CCN(C(=O)[C@@H](Cc2ccc(Cl)cc2)NC(=O)C2CN3CCN2CC3)CC1. The van der Waals surface area contributed by atoms with E-state index in [0.717, 1.165) is 57.4 Å². The van der Waals surface area contributed by atoms with Gasteiger partial charge in [0.15, 0.2) is 0 Å². The fraction of sp³-hybridized carbons (Fsp3) is 0.700. The third-order valence-electron chi connectivity index (χ3n) is 9.59. The van der Waals surface area contributed by atoms with Crippen LogP contribution in [0.3, 0.4) is 0 Å². The van der Waals surface area contributed by atoms with E-state index in [4.69, 9.17) is 16.3 Å². The summed E-state index contributed by atoms with van der Waals surface area (Å²) in [6.45, 7) is 7.72. The van der Waals surface area contributed by atoms with Gasteiger partial charge in [0.2, 0.25) is 11.8 Å². The maximum atomic E-state index is 14.0. The summed E-state index contributed by atoms with van der Waals surface area (Å²) in [6.07, 6.45) is 7.28. The minimum absolute atomic E-state index is 0.0734. The largest absolute Gasteiger partial charge is 0.466 e. The Labute approximate surface area is 237 Å². The van der Waals surface area contributed by atoms with Crippen molar-refractivity contribution in [1.29, 1.82) is 0 Å². The van der Waals surface area contributed by atoms with Crippen LogP contribution in [0.1, 0.15) is 57.4 Å². The average Bonchev–Trinajstić information content (AvgIpc) is 2.98. The van der Waals surface area contributed by atoms with Crippen LogP contribution < -0.4 is 5.32 Å². The van der Waals surface area contributed by atoms with Crippen LogP contribution in [-0.4, -0.2) is 97.0 Å². The Bertz CT molecular complexity index is 1010. The molecule has 4 saturated heterocycles. The van der Waals surface area contributed by atoms with Gasteiger partial charge in [-0.2, -0.15) is 0 Å². The Morgan fingerprint density at radius 3 is 2.26 bits per heavy atom. The summed E-state index contributed by atoms with van der Waals surface area (Å²) >= 11 is 6.10. The highest BCUT2D eigenvalue weighted by atomic mass is 35.5. The second kappa shape index (κ2) is 12.6. The molecule has 8 nitrogen and oxygen atoms in total. The molecule has 2 bridgehead atoms. The zero-order valence-corrected chi connectivity index (χ0v) is 24.0. The molecule has 9 heteroatoms. The van der Waals surface area contributed by atoms with Gasteiger partial charge in [0, 0.05) is 57.3 Å². The van der Waals surface area contributed by atoms with Crippen molar-refractivity contribution in [3.63, 3.8) is 0 Å². The Morgan fingerprint density at radius 2 is 1.67 bits per heavy atom. The number of likely N-dealkylation sites (tertiary alicyclic amines) is 1. The maximum absolute atomic E-state index is 14.0. The molecule has 1 aromatic carbocycles. The first kappa shape index (κ1) is 28.4. The summed E-state index contributed by atoms with van der Waals surface area (Å²) in [5.74, 6) is 0.0757. The smallest absolute Gasteiger partial charge is 0.312 e. The van der Waals surface area contributed by atoms with Crippen LogP contribution in [0.2, 0.25) is 5.02 Å². The van der Waals surface area contributed by atoms with Crippen LogP contribution in [0.5, 0.6) is 0 Å². The first-order valence-corrected chi connectivity index (χ1v) is 15.2. The summed E-state index contributed by atoms with van der Waals surface area (Å²) in [7, 11) is 0. The average molecular weight is 559 g/mol. The Hall–Kier alpha value is -2.16. The highest BCUT2D eigenvalue weighted by Gasteiger charge is 2.49. The van der Waals surface area contributed by atoms with Crippen molar-refractivity contribution in [1.82, 2.24) is 20.0 Å². The highest BCUT2D eigenvalue weighted by Crippen LogP contribution is 2.47. The van der Waals surface area contributed by atoms with Crippen LogP contribution in [0, 0.1) is 11.3 Å². The van der Waals surface area contributed by atoms with Crippen molar-refractivity contribution in [2.75, 3.05) is 52.4 Å². The lowest BCUT2D eigenvalue weighted by atomic mass is 9.63. The maximum Gasteiger partial charge on any atom is 0.312 e. The van der Waals surface area contributed by atoms with Crippen LogP contribution >= 0.6 is 11.6 Å². The Kier molecular flexibility index (Phi) is 9.14. The molecule has 0 aromatic heterocycles. The van der Waals surface area contributed by atoms with Crippen molar-refractivity contribution in [2.24, 2.45) is 11.3 Å². The van der Waals surface area contributed by atoms with Gasteiger partial charge in [0.25, 0.3) is 0 Å². The molecular formula is C30H43ClN4O4. The molecule has 0 radical (unpaired) electrons. The minimum Gasteiger partial charge on any atom is -0.466 e. The van der Waals surface area contributed by atoms with E-state index in [1.54, 1.807) is 0 Å². The lowest BCUT2D eigenvalue weighted by Crippen LogP contribution is -2.66. The third-order valence-corrected chi connectivity index (χ3v) is 9.84. The Balaban J connectivity index is 1.30. The van der Waals surface area contributed by atoms with Gasteiger partial charge in [0.05, 0.1) is 12.0 Å². The van der Waals surface area contributed by atoms with Gasteiger partial charge in [0.1, 0.15) is 12.1 Å². The van der Waals surface area contributed by atoms with Gasteiger partial charge in [-0.3, -0.25) is 24.2 Å². The molecule has 1 aliphatic carbocycles. The number of amides is 2. The van der Waals surface area contributed by atoms with Gasteiger partial charge in [-0.1, -0.05) is 43.0 Å². The van der Waals surface area contributed by atoms with Gasteiger partial charge < -0.3 is 15.0 Å². The molecule has 1 saturated carbocycles. The number of ether oxygens (including phenoxy) is 1. The number of piperidine rings is 1. The van der Waals surface area contributed by atoms with E-state index in [9.17, 15) is 14.4 Å². The first-order valence-electron chi connectivity index (χ1n) is 14.9. The van der Waals surface area contributed by atoms with Crippen LogP contribution in [0.15, 0.2) is 24.3 Å². The number of carbonyl (C=O) groups excluding carboxylic acids is 3. The molecule has 1 N–H and O–H groups in total. The lowest BCUT2D eigenvalue weighted by Gasteiger charge is -2.47. The van der Waals surface area contributed by atoms with E-state index in [1.165, 1.54) is 6.42 Å². The fourth-order valence-electron chi connectivity index (χ4n) is 7.25. The van der Waals surface area contributed by atoms with E-state index in [1.807, 2.05) is 36.1 Å². The predicted octanol–water partition coefficient (Wildman–Crippen LogP) is 3.12. The van der Waals surface area contributed by atoms with Crippen LogP contribution in [0.25, 0.3) is 0 Å². The highest BCUT2D eigenvalue weighted by molar-refractivity contribution is 6.30. The molecule has 2 amide bonds. The second-order valence-corrected chi connectivity index (χ2v) is 12.2. The molecule has 4 heterocycles. The van der Waals surface area contributed by atoms with E-state index >= 15 is 0 Å². The number of esters is 1. The number of nitrogens with one attached hydrogen (secondary N) is 1. The zero-order valence-electron chi connectivity index (χ0n) is 23.2. The van der Waals surface area contributed by atoms with Gasteiger partial charge in [-0.05, 0) is 56.2 Å². The van der Waals surface area contributed by atoms with Gasteiger partial charge in [-0.25, -0.2) is 0 Å². The van der Waals surface area contributed by atoms with Crippen molar-refractivity contribution >= 4 is 29.4 Å². The quantitative estimate of drug-likeness (QED) is 0.494. The predicted molar refractivity (Wildman–Crippen MR) is 150 cm³/mol. The van der Waals surface area contributed by atoms with E-state index in [0.29, 0.717) is 56.4 Å². The van der Waals surface area contributed by atoms with Crippen molar-refractivity contribution in [3.8, 4) is 0 Å². The molecule has 214 valence electrons. The van der Waals surface area contributed by atoms with Crippen LogP contribution in [-0.2, 0) is 25.5 Å². The molecule has 1 aromatic rings. The van der Waals surface area contributed by atoms with E-state index < -0.39 is 11.5 Å². The normalized spacial score (nSPS) is 27.5.